The molecule has 1 rings (SSSR count). The summed E-state index contributed by atoms with van der Waals surface area (Å²) in [5.41, 5.74) is -0.258. The van der Waals surface area contributed by atoms with Gasteiger partial charge in [-0.3, -0.25) is 9.59 Å². The van der Waals surface area contributed by atoms with Crippen LogP contribution in [0, 0.1) is 22.7 Å². The van der Waals surface area contributed by atoms with E-state index in [0.29, 0.717) is 11.9 Å². The van der Waals surface area contributed by atoms with Gasteiger partial charge >= 0.3 is 0 Å². The Morgan fingerprint density at radius 3 is 2.65 bits per heavy atom. The summed E-state index contributed by atoms with van der Waals surface area (Å²) in [7, 11) is 0. The number of ketones is 1. The van der Waals surface area contributed by atoms with Crippen molar-refractivity contribution in [3.8, 4) is 6.07 Å². The molecule has 1 unspecified atom stereocenters. The van der Waals surface area contributed by atoms with Gasteiger partial charge in [0.05, 0.1) is 17.1 Å². The molecule has 0 fully saturated rings. The average molecular weight is 229 g/mol. The second-order valence-electron chi connectivity index (χ2n) is 4.57. The molecule has 3 heteroatoms. The number of aldehydes is 1. The van der Waals surface area contributed by atoms with E-state index in [4.69, 9.17) is 5.26 Å². The molecule has 0 heterocycles. The first-order chi connectivity index (χ1) is 7.94. The van der Waals surface area contributed by atoms with Crippen LogP contribution in [-0.2, 0) is 9.59 Å². The van der Waals surface area contributed by atoms with Gasteiger partial charge in [-0.2, -0.15) is 5.26 Å². The molecule has 0 saturated carbocycles. The van der Waals surface area contributed by atoms with E-state index >= 15 is 0 Å². The highest BCUT2D eigenvalue weighted by Gasteiger charge is 2.31. The highest BCUT2D eigenvalue weighted by atomic mass is 16.1. The molecule has 0 aromatic heterocycles. The molecule has 17 heavy (non-hydrogen) atoms. The van der Waals surface area contributed by atoms with Crippen molar-refractivity contribution in [2.24, 2.45) is 11.3 Å². The Balaban J connectivity index is 3.28. The van der Waals surface area contributed by atoms with Crippen molar-refractivity contribution in [1.82, 2.24) is 0 Å². The van der Waals surface area contributed by atoms with Crippen LogP contribution in [0.1, 0.15) is 20.8 Å². The van der Waals surface area contributed by atoms with Crippen molar-refractivity contribution in [2.45, 2.75) is 20.8 Å². The molecule has 0 bridgehead atoms. The first-order valence-corrected chi connectivity index (χ1v) is 5.47. The molecular formula is C14H15NO2. The number of carbonyl (C=O) groups excluding carboxylic acids is 2. The van der Waals surface area contributed by atoms with Crippen LogP contribution in [0.4, 0.5) is 0 Å². The lowest BCUT2D eigenvalue weighted by atomic mass is 9.79. The van der Waals surface area contributed by atoms with Gasteiger partial charge in [0.15, 0.2) is 6.29 Å². The standard InChI is InChI=1S/C14H15NO2/c1-10(2)13(17)14(3)6-4-5-11(9-16)12(7-14)8-15/h4-7,9-10H,1-3H3. The lowest BCUT2D eigenvalue weighted by molar-refractivity contribution is -0.126. The van der Waals surface area contributed by atoms with Gasteiger partial charge in [0.2, 0.25) is 0 Å². The van der Waals surface area contributed by atoms with Crippen molar-refractivity contribution in [3.05, 3.63) is 35.5 Å². The largest absolute Gasteiger partial charge is 0.298 e. The van der Waals surface area contributed by atoms with Crippen LogP contribution in [0.25, 0.3) is 0 Å². The second-order valence-corrected chi connectivity index (χ2v) is 4.57. The molecule has 88 valence electrons. The SMILES string of the molecule is CC(C)C(=O)C1(C)C=CC=C(C=O)C(C#N)=C1. The van der Waals surface area contributed by atoms with Crippen molar-refractivity contribution in [3.63, 3.8) is 0 Å². The summed E-state index contributed by atoms with van der Waals surface area (Å²) in [4.78, 5) is 22.9. The zero-order valence-electron chi connectivity index (χ0n) is 10.2. The number of hydrogen-bond donors (Lipinski definition) is 0. The van der Waals surface area contributed by atoms with Gasteiger partial charge in [0.25, 0.3) is 0 Å². The van der Waals surface area contributed by atoms with E-state index in [0.717, 1.165) is 0 Å². The van der Waals surface area contributed by atoms with E-state index in [1.165, 1.54) is 0 Å². The molecule has 3 nitrogen and oxygen atoms in total. The zero-order chi connectivity index (χ0) is 13.1. The first kappa shape index (κ1) is 13.1. The summed E-state index contributed by atoms with van der Waals surface area (Å²) in [5, 5.41) is 9.01. The Morgan fingerprint density at radius 2 is 2.18 bits per heavy atom. The number of rotatable bonds is 3. The van der Waals surface area contributed by atoms with Gasteiger partial charge in [-0.15, -0.1) is 0 Å². The maximum absolute atomic E-state index is 12.1. The summed E-state index contributed by atoms with van der Waals surface area (Å²) in [6.07, 6.45) is 7.14. The topological polar surface area (TPSA) is 57.9 Å². The third kappa shape index (κ3) is 2.59. The van der Waals surface area contributed by atoms with Gasteiger partial charge in [0.1, 0.15) is 5.78 Å². The van der Waals surface area contributed by atoms with Crippen LogP contribution in [0.2, 0.25) is 0 Å². The van der Waals surface area contributed by atoms with Crippen LogP contribution < -0.4 is 0 Å². The van der Waals surface area contributed by atoms with Crippen molar-refractivity contribution in [1.29, 1.82) is 5.26 Å². The number of nitrogens with zero attached hydrogens (tertiary/aromatic N) is 1. The van der Waals surface area contributed by atoms with E-state index < -0.39 is 5.41 Å². The number of nitriles is 1. The molecule has 1 atom stereocenters. The zero-order valence-corrected chi connectivity index (χ0v) is 10.2. The molecule has 0 amide bonds. The quantitative estimate of drug-likeness (QED) is 0.698. The summed E-state index contributed by atoms with van der Waals surface area (Å²) in [6, 6.07) is 1.96. The molecule has 0 spiro atoms. The third-order valence-electron chi connectivity index (χ3n) is 2.78. The summed E-state index contributed by atoms with van der Waals surface area (Å²) < 4.78 is 0. The van der Waals surface area contributed by atoms with E-state index in [1.54, 1.807) is 31.2 Å². The van der Waals surface area contributed by atoms with Gasteiger partial charge in [-0.1, -0.05) is 32.1 Å². The van der Waals surface area contributed by atoms with Crippen LogP contribution in [-0.4, -0.2) is 12.1 Å². The number of carbonyl (C=O) groups is 2. The van der Waals surface area contributed by atoms with Gasteiger partial charge in [-0.25, -0.2) is 0 Å². The minimum atomic E-state index is -0.819. The molecular weight excluding hydrogens is 214 g/mol. The van der Waals surface area contributed by atoms with Gasteiger partial charge < -0.3 is 0 Å². The monoisotopic (exact) mass is 229 g/mol. The maximum Gasteiger partial charge on any atom is 0.151 e. The summed E-state index contributed by atoms with van der Waals surface area (Å²) in [6.45, 7) is 5.39. The minimum Gasteiger partial charge on any atom is -0.298 e. The molecule has 1 aliphatic carbocycles. The molecule has 0 saturated heterocycles. The van der Waals surface area contributed by atoms with E-state index in [9.17, 15) is 9.59 Å². The molecule has 0 aliphatic heterocycles. The first-order valence-electron chi connectivity index (χ1n) is 5.47. The van der Waals surface area contributed by atoms with Crippen molar-refractivity contribution in [2.75, 3.05) is 0 Å². The predicted octanol–water partition coefficient (Wildman–Crippen LogP) is 2.36. The highest BCUT2D eigenvalue weighted by molar-refractivity contribution is 5.92. The fraction of sp³-hybridized carbons (Fsp3) is 0.357. The fourth-order valence-electron chi connectivity index (χ4n) is 1.85. The molecule has 0 N–H and O–H groups in total. The van der Waals surface area contributed by atoms with E-state index in [-0.39, 0.29) is 17.3 Å². The Kier molecular flexibility index (Phi) is 3.80. The lowest BCUT2D eigenvalue weighted by Gasteiger charge is -2.22. The second kappa shape index (κ2) is 4.92. The predicted molar refractivity (Wildman–Crippen MR) is 64.9 cm³/mol. The number of allylic oxidation sites excluding steroid dienone is 6. The number of hydrogen-bond acceptors (Lipinski definition) is 3. The Labute approximate surface area is 101 Å². The Hall–Kier alpha value is -1.95. The molecule has 0 radical (unpaired) electrons. The van der Waals surface area contributed by atoms with Crippen LogP contribution in [0.15, 0.2) is 35.5 Å². The van der Waals surface area contributed by atoms with Gasteiger partial charge in [-0.05, 0) is 13.0 Å². The summed E-state index contributed by atoms with van der Waals surface area (Å²) >= 11 is 0. The molecule has 0 aromatic rings. The van der Waals surface area contributed by atoms with Crippen molar-refractivity contribution >= 4 is 12.1 Å². The number of Topliss-reactive ketones (excluding diaryl/α,β-unsaturated/α-hetero) is 1. The lowest BCUT2D eigenvalue weighted by Crippen LogP contribution is -2.27. The smallest absolute Gasteiger partial charge is 0.151 e. The molecule has 1 aliphatic rings. The van der Waals surface area contributed by atoms with E-state index in [1.807, 2.05) is 19.9 Å². The Bertz CT molecular complexity index is 475. The molecule has 0 aromatic carbocycles. The highest BCUT2D eigenvalue weighted by Crippen LogP contribution is 2.30. The van der Waals surface area contributed by atoms with Crippen LogP contribution in [0.5, 0.6) is 0 Å². The third-order valence-corrected chi connectivity index (χ3v) is 2.78. The van der Waals surface area contributed by atoms with Crippen LogP contribution >= 0.6 is 0 Å². The normalized spacial score (nSPS) is 23.5. The minimum absolute atomic E-state index is 0.0297. The van der Waals surface area contributed by atoms with Crippen molar-refractivity contribution < 1.29 is 9.59 Å². The fourth-order valence-corrected chi connectivity index (χ4v) is 1.85. The maximum atomic E-state index is 12.1. The van der Waals surface area contributed by atoms with Crippen LogP contribution in [0.3, 0.4) is 0 Å². The van der Waals surface area contributed by atoms with Gasteiger partial charge in [0, 0.05) is 11.5 Å². The van der Waals surface area contributed by atoms with E-state index in [2.05, 4.69) is 0 Å². The average Bonchev–Trinajstić information content (AvgIpc) is 2.47. The Morgan fingerprint density at radius 1 is 1.53 bits per heavy atom. The summed E-state index contributed by atoms with van der Waals surface area (Å²) in [5.74, 6) is -0.0966.